The van der Waals surface area contributed by atoms with Gasteiger partial charge in [-0.15, -0.1) is 23.2 Å². The average molecular weight is 281 g/mol. The Balaban J connectivity index is 1.47. The normalized spacial score (nSPS) is 71.0. The van der Waals surface area contributed by atoms with Gasteiger partial charge in [-0.3, -0.25) is 0 Å². The number of rotatable bonds is 0. The molecule has 2 heteroatoms. The summed E-state index contributed by atoms with van der Waals surface area (Å²) in [5.74, 6) is 7.95. The molecule has 0 N–H and O–H groups in total. The summed E-state index contributed by atoms with van der Waals surface area (Å²) in [6, 6.07) is 0. The van der Waals surface area contributed by atoms with E-state index >= 15 is 0 Å². The van der Waals surface area contributed by atoms with Crippen LogP contribution in [0, 0.1) is 58.2 Å². The largest absolute Gasteiger partial charge is 0.125 e. The van der Waals surface area contributed by atoms with Crippen molar-refractivity contribution in [2.24, 2.45) is 58.2 Å². The Morgan fingerprint density at radius 2 is 1.39 bits per heavy atom. The van der Waals surface area contributed by atoms with Crippen LogP contribution < -0.4 is 0 Å². The summed E-state index contributed by atoms with van der Waals surface area (Å²) in [4.78, 5) is 0. The van der Waals surface area contributed by atoms with Crippen LogP contribution in [0.3, 0.4) is 0 Å². The molecule has 2 bridgehead atoms. The van der Waals surface area contributed by atoms with E-state index in [1.165, 1.54) is 12.8 Å². The Morgan fingerprint density at radius 1 is 0.722 bits per heavy atom. The molecule has 8 atom stereocenters. The molecule has 0 aromatic heterocycles. The lowest BCUT2D eigenvalue weighted by Crippen LogP contribution is -2.32. The highest BCUT2D eigenvalue weighted by molar-refractivity contribution is 6.51. The van der Waals surface area contributed by atoms with Crippen molar-refractivity contribution in [2.75, 3.05) is 0 Å². The topological polar surface area (TPSA) is 0 Å². The van der Waals surface area contributed by atoms with E-state index in [4.69, 9.17) is 23.2 Å². The quantitative estimate of drug-likeness (QED) is 0.586. The number of hydrogen-bond acceptors (Lipinski definition) is 0. The standard InChI is InChI=1S/C16H18Cl2/c17-16(18)12-8-9-6-5-7(6)10(14(9)1-2-14)11(8)15(3-4-15)13(12)16/h6-13H,1-5H2/t6-,7+,8-,9+,10-,11+,12-,13+/m1/s1. The van der Waals surface area contributed by atoms with Crippen LogP contribution in [0.25, 0.3) is 0 Å². The number of fused-ring (bicyclic) bond motifs is 10. The van der Waals surface area contributed by atoms with Crippen LogP contribution in [0.2, 0.25) is 0 Å². The molecule has 7 rings (SSSR count). The third kappa shape index (κ3) is 0.652. The summed E-state index contributed by atoms with van der Waals surface area (Å²) in [6.45, 7) is 0. The van der Waals surface area contributed by atoms with Crippen molar-refractivity contribution in [1.82, 2.24) is 0 Å². The van der Waals surface area contributed by atoms with Gasteiger partial charge in [-0.05, 0) is 78.4 Å². The van der Waals surface area contributed by atoms with E-state index in [9.17, 15) is 0 Å². The van der Waals surface area contributed by atoms with Crippen molar-refractivity contribution in [1.29, 1.82) is 0 Å². The Labute approximate surface area is 118 Å². The Bertz CT molecular complexity index is 515. The van der Waals surface area contributed by atoms with Gasteiger partial charge in [0.15, 0.2) is 0 Å². The van der Waals surface area contributed by atoms with Crippen LogP contribution in [0.4, 0.5) is 0 Å². The highest BCUT2D eigenvalue weighted by Crippen LogP contribution is 2.97. The molecule has 7 fully saturated rings. The molecule has 18 heavy (non-hydrogen) atoms. The van der Waals surface area contributed by atoms with Gasteiger partial charge in [-0.2, -0.15) is 0 Å². The SMILES string of the molecule is ClC1(Cl)[C@@H]2[C@@H]3[C@@H]4[C@@H]5C[C@@H]5[C@H]([C@H]3C3(CC3)[C@H]21)C41CC1. The maximum absolute atomic E-state index is 6.68. The molecule has 0 heterocycles. The second-order valence-electron chi connectivity index (χ2n) is 8.86. The molecule has 7 aliphatic carbocycles. The third-order valence-electron chi connectivity index (χ3n) is 8.82. The molecule has 0 aromatic rings. The van der Waals surface area contributed by atoms with Gasteiger partial charge in [0.1, 0.15) is 4.33 Å². The van der Waals surface area contributed by atoms with Crippen molar-refractivity contribution in [2.45, 2.75) is 36.4 Å². The van der Waals surface area contributed by atoms with Crippen molar-refractivity contribution in [3.05, 3.63) is 0 Å². The lowest BCUT2D eigenvalue weighted by atomic mass is 9.72. The lowest BCUT2D eigenvalue weighted by Gasteiger charge is -2.34. The minimum absolute atomic E-state index is 0.303. The first kappa shape index (κ1) is 9.50. The molecule has 2 spiro atoms. The third-order valence-corrected chi connectivity index (χ3v) is 9.79. The smallest absolute Gasteiger partial charge is 0.101 e. The summed E-state index contributed by atoms with van der Waals surface area (Å²) in [7, 11) is 0. The fourth-order valence-corrected chi connectivity index (χ4v) is 9.58. The Kier molecular flexibility index (Phi) is 1.13. The van der Waals surface area contributed by atoms with Crippen molar-refractivity contribution < 1.29 is 0 Å². The van der Waals surface area contributed by atoms with E-state index in [1.54, 1.807) is 19.3 Å². The van der Waals surface area contributed by atoms with Crippen LogP contribution in [0.5, 0.6) is 0 Å². The zero-order valence-corrected chi connectivity index (χ0v) is 11.9. The van der Waals surface area contributed by atoms with Gasteiger partial charge in [0, 0.05) is 11.8 Å². The van der Waals surface area contributed by atoms with Crippen LogP contribution in [-0.2, 0) is 0 Å². The second-order valence-corrected chi connectivity index (χ2v) is 10.3. The number of alkyl halides is 2. The molecule has 7 aliphatic rings. The molecule has 0 aliphatic heterocycles. The molecular formula is C16H18Cl2. The fraction of sp³-hybridized carbons (Fsp3) is 1.00. The first-order chi connectivity index (χ1) is 8.63. The molecular weight excluding hydrogens is 263 g/mol. The highest BCUT2D eigenvalue weighted by atomic mass is 35.5. The zero-order chi connectivity index (χ0) is 11.7. The van der Waals surface area contributed by atoms with Gasteiger partial charge >= 0.3 is 0 Å². The van der Waals surface area contributed by atoms with Crippen molar-refractivity contribution >= 4 is 23.2 Å². The van der Waals surface area contributed by atoms with E-state index < -0.39 is 0 Å². The fourth-order valence-electron chi connectivity index (χ4n) is 8.46. The minimum Gasteiger partial charge on any atom is -0.101 e. The van der Waals surface area contributed by atoms with Gasteiger partial charge in [0.05, 0.1) is 0 Å². The maximum Gasteiger partial charge on any atom is 0.125 e. The first-order valence-electron chi connectivity index (χ1n) is 8.01. The van der Waals surface area contributed by atoms with Crippen LogP contribution in [-0.4, -0.2) is 4.33 Å². The minimum atomic E-state index is -0.303. The van der Waals surface area contributed by atoms with Gasteiger partial charge < -0.3 is 0 Å². The molecule has 7 saturated carbocycles. The molecule has 0 amide bonds. The lowest BCUT2D eigenvalue weighted by molar-refractivity contribution is 0.146. The second kappa shape index (κ2) is 2.13. The molecule has 96 valence electrons. The molecule has 0 saturated heterocycles. The number of halogens is 2. The van der Waals surface area contributed by atoms with Crippen LogP contribution in [0.1, 0.15) is 32.1 Å². The van der Waals surface area contributed by atoms with Crippen molar-refractivity contribution in [3.8, 4) is 0 Å². The van der Waals surface area contributed by atoms with Crippen LogP contribution >= 0.6 is 23.2 Å². The summed E-state index contributed by atoms with van der Waals surface area (Å²) in [6.07, 6.45) is 7.64. The summed E-state index contributed by atoms with van der Waals surface area (Å²) >= 11 is 13.4. The average Bonchev–Trinajstić information content (AvgIpc) is 3.12. The molecule has 0 radical (unpaired) electrons. The maximum atomic E-state index is 6.68. The zero-order valence-electron chi connectivity index (χ0n) is 10.4. The van der Waals surface area contributed by atoms with Crippen LogP contribution in [0.15, 0.2) is 0 Å². The summed E-state index contributed by atoms with van der Waals surface area (Å²) in [5, 5.41) is 0. The monoisotopic (exact) mass is 280 g/mol. The summed E-state index contributed by atoms with van der Waals surface area (Å²) < 4.78 is -0.303. The van der Waals surface area contributed by atoms with E-state index in [0.29, 0.717) is 17.3 Å². The van der Waals surface area contributed by atoms with Gasteiger partial charge in [-0.25, -0.2) is 0 Å². The Morgan fingerprint density at radius 3 is 2.06 bits per heavy atom. The first-order valence-corrected chi connectivity index (χ1v) is 8.76. The molecule has 0 aromatic carbocycles. The number of hydrogen-bond donors (Lipinski definition) is 0. The van der Waals surface area contributed by atoms with Gasteiger partial charge in [-0.1, -0.05) is 0 Å². The predicted molar refractivity (Wildman–Crippen MR) is 70.3 cm³/mol. The van der Waals surface area contributed by atoms with Gasteiger partial charge in [0.25, 0.3) is 0 Å². The van der Waals surface area contributed by atoms with E-state index in [1.807, 2.05) is 0 Å². The molecule has 0 nitrogen and oxygen atoms in total. The summed E-state index contributed by atoms with van der Waals surface area (Å²) in [5.41, 5.74) is 1.50. The van der Waals surface area contributed by atoms with E-state index in [-0.39, 0.29) is 4.33 Å². The molecule has 0 unspecified atom stereocenters. The van der Waals surface area contributed by atoms with E-state index in [2.05, 4.69) is 0 Å². The van der Waals surface area contributed by atoms with E-state index in [0.717, 1.165) is 40.9 Å². The Hall–Kier alpha value is 0.580. The van der Waals surface area contributed by atoms with Gasteiger partial charge in [0.2, 0.25) is 0 Å². The van der Waals surface area contributed by atoms with Crippen molar-refractivity contribution in [3.63, 3.8) is 0 Å². The highest BCUT2D eigenvalue weighted by Gasteiger charge is 2.93. The predicted octanol–water partition coefficient (Wildman–Crippen LogP) is 4.11.